The Kier molecular flexibility index (Phi) is 8.05. The summed E-state index contributed by atoms with van der Waals surface area (Å²) in [5, 5.41) is 4.48. The second-order valence-electron chi connectivity index (χ2n) is 5.94. The molecule has 27 heavy (non-hydrogen) atoms. The van der Waals surface area contributed by atoms with E-state index in [1.807, 2.05) is 39.3 Å². The summed E-state index contributed by atoms with van der Waals surface area (Å²) in [5.41, 5.74) is 1.52. The summed E-state index contributed by atoms with van der Waals surface area (Å²) in [7, 11) is 1.81. The molecule has 1 N–H and O–H groups in total. The fourth-order valence-corrected chi connectivity index (χ4v) is 4.73. The van der Waals surface area contributed by atoms with E-state index in [1.165, 1.54) is 30.6 Å². The number of aromatic nitrogens is 3. The molecule has 0 unspecified atom stereocenters. The van der Waals surface area contributed by atoms with Crippen LogP contribution in [0.2, 0.25) is 5.02 Å². The summed E-state index contributed by atoms with van der Waals surface area (Å²) in [5.74, 6) is 0. The van der Waals surface area contributed by atoms with Crippen LogP contribution in [0.3, 0.4) is 0 Å². The molecule has 0 bridgehead atoms. The van der Waals surface area contributed by atoms with E-state index >= 15 is 0 Å². The van der Waals surface area contributed by atoms with Crippen LogP contribution in [0.15, 0.2) is 17.3 Å². The quantitative estimate of drug-likeness (QED) is 0.543. The Bertz CT molecular complexity index is 944. The smallest absolute Gasteiger partial charge is 0.271 e. The van der Waals surface area contributed by atoms with Gasteiger partial charge in [0.25, 0.3) is 5.56 Å². The van der Waals surface area contributed by atoms with Crippen molar-refractivity contribution in [2.75, 3.05) is 12.4 Å². The summed E-state index contributed by atoms with van der Waals surface area (Å²) >= 11 is 7.62. The molecule has 0 aromatic carbocycles. The number of pyridine rings is 1. The molecule has 1 fully saturated rings. The first-order chi connectivity index (χ1) is 13.2. The highest BCUT2D eigenvalue weighted by molar-refractivity contribution is 7.25. The molecule has 1 saturated carbocycles. The Morgan fingerprint density at radius 3 is 2.44 bits per heavy atom. The largest absolute Gasteiger partial charge is 0.386 e. The fourth-order valence-electron chi connectivity index (χ4n) is 3.45. The van der Waals surface area contributed by atoms with Crippen LogP contribution >= 0.6 is 22.9 Å². The molecule has 1 aliphatic rings. The SMILES string of the molecule is CC.CC.CNc1c(Cl)cnc2sc3c(=O)n(C4CCCCC4)cnc3c12. The third-order valence-corrected chi connectivity index (χ3v) is 5.97. The number of fused-ring (bicyclic) bond motifs is 3. The van der Waals surface area contributed by atoms with Gasteiger partial charge in [-0.1, -0.05) is 58.6 Å². The molecule has 7 heteroatoms. The first-order valence-corrected chi connectivity index (χ1v) is 11.1. The lowest BCUT2D eigenvalue weighted by Gasteiger charge is -2.23. The van der Waals surface area contributed by atoms with Crippen LogP contribution < -0.4 is 10.9 Å². The molecule has 3 heterocycles. The third-order valence-electron chi connectivity index (χ3n) is 4.61. The maximum atomic E-state index is 12.9. The van der Waals surface area contributed by atoms with Gasteiger partial charge in [-0.3, -0.25) is 9.36 Å². The van der Waals surface area contributed by atoms with E-state index in [4.69, 9.17) is 11.6 Å². The molecular formula is C20H29ClN4OS. The molecule has 0 amide bonds. The number of anilines is 1. The first kappa shape index (κ1) is 21.6. The molecule has 148 valence electrons. The lowest BCUT2D eigenvalue weighted by molar-refractivity contribution is 0.345. The molecule has 0 radical (unpaired) electrons. The average molecular weight is 409 g/mol. The Morgan fingerprint density at radius 2 is 1.81 bits per heavy atom. The van der Waals surface area contributed by atoms with Crippen molar-refractivity contribution in [3.63, 3.8) is 0 Å². The second kappa shape index (κ2) is 10.0. The predicted octanol–water partition coefficient (Wildman–Crippen LogP) is 6.26. The Morgan fingerprint density at radius 1 is 1.15 bits per heavy atom. The lowest BCUT2D eigenvalue weighted by atomic mass is 9.95. The normalized spacial score (nSPS) is 14.3. The fraction of sp³-hybridized carbons (Fsp3) is 0.550. The van der Waals surface area contributed by atoms with Crippen molar-refractivity contribution in [3.8, 4) is 0 Å². The van der Waals surface area contributed by atoms with Gasteiger partial charge in [-0.05, 0) is 12.8 Å². The van der Waals surface area contributed by atoms with E-state index in [9.17, 15) is 4.79 Å². The number of nitrogens with one attached hydrogen (secondary N) is 1. The maximum absolute atomic E-state index is 12.9. The lowest BCUT2D eigenvalue weighted by Crippen LogP contribution is -2.26. The highest BCUT2D eigenvalue weighted by atomic mass is 35.5. The van der Waals surface area contributed by atoms with E-state index in [0.717, 1.165) is 28.7 Å². The standard InChI is InChI=1S/C16H17ClN4OS.2C2H6/c1-18-12-10(17)7-19-15-11(12)13-14(23-15)16(22)21(8-20-13)9-5-3-2-4-6-9;2*1-2/h7-9H,2-6H2,1H3,(H,18,19);2*1-2H3. The van der Waals surface area contributed by atoms with Crippen LogP contribution in [0.25, 0.3) is 20.4 Å². The topological polar surface area (TPSA) is 59.8 Å². The zero-order chi connectivity index (χ0) is 20.0. The number of hydrogen-bond acceptors (Lipinski definition) is 5. The van der Waals surface area contributed by atoms with Crippen LogP contribution in [-0.2, 0) is 0 Å². The van der Waals surface area contributed by atoms with Crippen molar-refractivity contribution in [2.24, 2.45) is 0 Å². The van der Waals surface area contributed by atoms with Gasteiger partial charge in [0.1, 0.15) is 15.0 Å². The molecule has 1 aliphatic carbocycles. The summed E-state index contributed by atoms with van der Waals surface area (Å²) < 4.78 is 2.48. The number of thiophene rings is 1. The Balaban J connectivity index is 0.000000614. The number of rotatable bonds is 2. The summed E-state index contributed by atoms with van der Waals surface area (Å²) in [6.45, 7) is 8.00. The van der Waals surface area contributed by atoms with Crippen molar-refractivity contribution in [2.45, 2.75) is 65.8 Å². The van der Waals surface area contributed by atoms with Crippen LogP contribution in [0.1, 0.15) is 65.8 Å². The zero-order valence-corrected chi connectivity index (χ0v) is 18.4. The molecule has 3 aromatic heterocycles. The number of halogens is 1. The summed E-state index contributed by atoms with van der Waals surface area (Å²) in [6, 6.07) is 0.277. The minimum absolute atomic E-state index is 0.0445. The van der Waals surface area contributed by atoms with Gasteiger partial charge < -0.3 is 5.32 Å². The van der Waals surface area contributed by atoms with E-state index in [-0.39, 0.29) is 11.6 Å². The van der Waals surface area contributed by atoms with Crippen molar-refractivity contribution >= 4 is 49.1 Å². The molecular weight excluding hydrogens is 380 g/mol. The van der Waals surface area contributed by atoms with Gasteiger partial charge in [-0.2, -0.15) is 0 Å². The molecule has 0 spiro atoms. The highest BCUT2D eigenvalue weighted by Gasteiger charge is 2.21. The predicted molar refractivity (Wildman–Crippen MR) is 119 cm³/mol. The van der Waals surface area contributed by atoms with Gasteiger partial charge in [0, 0.05) is 19.3 Å². The highest BCUT2D eigenvalue weighted by Crippen LogP contribution is 2.38. The third kappa shape index (κ3) is 4.11. The van der Waals surface area contributed by atoms with Crippen LogP contribution in [0.4, 0.5) is 5.69 Å². The molecule has 3 aromatic rings. The number of hydrogen-bond donors (Lipinski definition) is 1. The van der Waals surface area contributed by atoms with Gasteiger partial charge in [0.2, 0.25) is 0 Å². The minimum atomic E-state index is 0.0445. The molecule has 5 nitrogen and oxygen atoms in total. The van der Waals surface area contributed by atoms with Crippen LogP contribution in [0.5, 0.6) is 0 Å². The molecule has 0 aliphatic heterocycles. The van der Waals surface area contributed by atoms with Gasteiger partial charge in [-0.15, -0.1) is 11.3 Å². The maximum Gasteiger partial charge on any atom is 0.271 e. The van der Waals surface area contributed by atoms with Crippen molar-refractivity contribution < 1.29 is 0 Å². The van der Waals surface area contributed by atoms with E-state index in [0.29, 0.717) is 15.2 Å². The molecule has 0 atom stereocenters. The van der Waals surface area contributed by atoms with Crippen molar-refractivity contribution in [1.29, 1.82) is 0 Å². The minimum Gasteiger partial charge on any atom is -0.386 e. The van der Waals surface area contributed by atoms with E-state index < -0.39 is 0 Å². The average Bonchev–Trinajstić information content (AvgIpc) is 3.12. The van der Waals surface area contributed by atoms with Gasteiger partial charge in [0.15, 0.2) is 0 Å². The van der Waals surface area contributed by atoms with Gasteiger partial charge in [0.05, 0.1) is 22.4 Å². The van der Waals surface area contributed by atoms with Crippen LogP contribution in [-0.4, -0.2) is 21.6 Å². The molecule has 0 saturated heterocycles. The van der Waals surface area contributed by atoms with Gasteiger partial charge in [-0.25, -0.2) is 9.97 Å². The first-order valence-electron chi connectivity index (χ1n) is 9.86. The van der Waals surface area contributed by atoms with Gasteiger partial charge >= 0.3 is 0 Å². The summed E-state index contributed by atoms with van der Waals surface area (Å²) in [4.78, 5) is 22.7. The van der Waals surface area contributed by atoms with E-state index in [2.05, 4.69) is 15.3 Å². The second-order valence-corrected chi connectivity index (χ2v) is 7.35. The molecule has 4 rings (SSSR count). The Hall–Kier alpha value is -1.66. The zero-order valence-electron chi connectivity index (χ0n) is 16.8. The Labute approximate surface area is 169 Å². The van der Waals surface area contributed by atoms with E-state index in [1.54, 1.807) is 12.5 Å². The monoisotopic (exact) mass is 408 g/mol. The number of nitrogens with zero attached hydrogens (tertiary/aromatic N) is 3. The summed E-state index contributed by atoms with van der Waals surface area (Å²) in [6.07, 6.45) is 9.06. The van der Waals surface area contributed by atoms with Crippen LogP contribution in [0, 0.1) is 0 Å². The van der Waals surface area contributed by atoms with Crippen molar-refractivity contribution in [1.82, 2.24) is 14.5 Å². The van der Waals surface area contributed by atoms with Crippen molar-refractivity contribution in [3.05, 3.63) is 27.9 Å².